The summed E-state index contributed by atoms with van der Waals surface area (Å²) in [5, 5.41) is 0. The molecule has 0 fully saturated rings. The molecule has 0 spiro atoms. The third kappa shape index (κ3) is 4.43. The van der Waals surface area contributed by atoms with E-state index in [2.05, 4.69) is 63.8 Å². The fraction of sp³-hybridized carbons (Fsp3) is 0.375. The summed E-state index contributed by atoms with van der Waals surface area (Å²) in [7, 11) is 0. The van der Waals surface area contributed by atoms with Gasteiger partial charge >= 0.3 is 0 Å². The van der Waals surface area contributed by atoms with Crippen molar-refractivity contribution in [3.8, 4) is 0 Å². The highest BCUT2D eigenvalue weighted by molar-refractivity contribution is 8.03. The third-order valence-corrected chi connectivity index (χ3v) is 3.79. The Kier molecular flexibility index (Phi) is 6.13. The number of hydrogen-bond acceptors (Lipinski definition) is 1. The lowest BCUT2D eigenvalue weighted by atomic mass is 9.84. The first-order chi connectivity index (χ1) is 8.19. The molecular formula is C16H22S. The summed E-state index contributed by atoms with van der Waals surface area (Å²) in [6.07, 6.45) is 15.1. The van der Waals surface area contributed by atoms with E-state index in [0.717, 1.165) is 5.75 Å². The van der Waals surface area contributed by atoms with Crippen molar-refractivity contribution in [2.45, 2.75) is 20.8 Å². The van der Waals surface area contributed by atoms with Crippen LogP contribution in [0.1, 0.15) is 20.8 Å². The fourth-order valence-corrected chi connectivity index (χ4v) is 2.56. The van der Waals surface area contributed by atoms with E-state index >= 15 is 0 Å². The maximum atomic E-state index is 3.93. The Bertz CT molecular complexity index is 369. The van der Waals surface area contributed by atoms with Crippen molar-refractivity contribution in [2.24, 2.45) is 11.8 Å². The molecule has 0 heterocycles. The zero-order valence-electron chi connectivity index (χ0n) is 11.0. The number of rotatable bonds is 5. The average molecular weight is 246 g/mol. The van der Waals surface area contributed by atoms with Crippen LogP contribution < -0.4 is 0 Å². The van der Waals surface area contributed by atoms with Crippen molar-refractivity contribution < 1.29 is 0 Å². The topological polar surface area (TPSA) is 0 Å². The molecule has 2 unspecified atom stereocenters. The Morgan fingerprint density at radius 1 is 1.29 bits per heavy atom. The Labute approximate surface area is 110 Å². The predicted octanol–water partition coefficient (Wildman–Crippen LogP) is 5.13. The van der Waals surface area contributed by atoms with Crippen LogP contribution >= 0.6 is 11.8 Å². The lowest BCUT2D eigenvalue weighted by molar-refractivity contribution is 0.586. The van der Waals surface area contributed by atoms with E-state index < -0.39 is 0 Å². The van der Waals surface area contributed by atoms with Crippen LogP contribution in [0.15, 0.2) is 59.6 Å². The van der Waals surface area contributed by atoms with E-state index in [1.165, 1.54) is 10.5 Å². The number of allylic oxidation sites excluding steroid dienone is 9. The summed E-state index contributed by atoms with van der Waals surface area (Å²) in [4.78, 5) is 1.36. The number of thioether (sulfide) groups is 1. The Hall–Kier alpha value is -0.950. The molecule has 0 amide bonds. The second-order valence-electron chi connectivity index (χ2n) is 4.24. The Morgan fingerprint density at radius 3 is 2.59 bits per heavy atom. The van der Waals surface area contributed by atoms with Gasteiger partial charge in [-0.05, 0) is 29.1 Å². The molecule has 0 saturated heterocycles. The largest absolute Gasteiger partial charge is 0.131 e. The lowest BCUT2D eigenvalue weighted by Gasteiger charge is -2.21. The van der Waals surface area contributed by atoms with Crippen molar-refractivity contribution >= 4 is 11.8 Å². The summed E-state index contributed by atoms with van der Waals surface area (Å²) < 4.78 is 0. The average Bonchev–Trinajstić information content (AvgIpc) is 2.32. The molecule has 0 bridgehead atoms. The highest BCUT2D eigenvalue weighted by Gasteiger charge is 2.15. The van der Waals surface area contributed by atoms with E-state index in [-0.39, 0.29) is 0 Å². The molecule has 1 rings (SSSR count). The van der Waals surface area contributed by atoms with Gasteiger partial charge in [-0.3, -0.25) is 0 Å². The minimum absolute atomic E-state index is 0.466. The third-order valence-electron chi connectivity index (χ3n) is 2.91. The zero-order chi connectivity index (χ0) is 12.7. The van der Waals surface area contributed by atoms with E-state index in [9.17, 15) is 0 Å². The first kappa shape index (κ1) is 14.1. The van der Waals surface area contributed by atoms with Crippen LogP contribution in [0.3, 0.4) is 0 Å². The predicted molar refractivity (Wildman–Crippen MR) is 81.1 cm³/mol. The van der Waals surface area contributed by atoms with Gasteiger partial charge in [0.2, 0.25) is 0 Å². The molecule has 0 aromatic carbocycles. The number of hydrogen-bond donors (Lipinski definition) is 0. The van der Waals surface area contributed by atoms with Crippen LogP contribution in [0.25, 0.3) is 0 Å². The van der Waals surface area contributed by atoms with Gasteiger partial charge in [0.1, 0.15) is 0 Å². The molecule has 0 aromatic rings. The second-order valence-corrected chi connectivity index (χ2v) is 5.75. The molecular weight excluding hydrogens is 224 g/mol. The summed E-state index contributed by atoms with van der Waals surface area (Å²) >= 11 is 1.88. The van der Waals surface area contributed by atoms with E-state index in [1.807, 2.05) is 17.8 Å². The van der Waals surface area contributed by atoms with Crippen LogP contribution in [-0.2, 0) is 0 Å². The molecule has 0 aromatic heterocycles. The Balaban J connectivity index is 2.81. The summed E-state index contributed by atoms with van der Waals surface area (Å²) in [5.74, 6) is 2.15. The van der Waals surface area contributed by atoms with Gasteiger partial charge in [-0.15, -0.1) is 11.8 Å². The van der Waals surface area contributed by atoms with E-state index in [4.69, 9.17) is 0 Å². The summed E-state index contributed by atoms with van der Waals surface area (Å²) in [6, 6.07) is 0. The smallest absolute Gasteiger partial charge is 0.00811 e. The van der Waals surface area contributed by atoms with Gasteiger partial charge < -0.3 is 0 Å². The molecule has 1 heteroatoms. The standard InChI is InChI=1S/C16H22S/c1-5-15(12-11-14(4)17-6-2)16-10-8-7-9-13(16)3/h5,7-13,16H,1,6H2,2-4H3/b14-11+,15-12+. The fourth-order valence-electron chi connectivity index (χ4n) is 1.94. The maximum Gasteiger partial charge on any atom is 0.00811 e. The minimum atomic E-state index is 0.466. The molecule has 0 saturated carbocycles. The molecule has 0 N–H and O–H groups in total. The Morgan fingerprint density at radius 2 is 2.00 bits per heavy atom. The van der Waals surface area contributed by atoms with Crippen LogP contribution in [0, 0.1) is 11.8 Å². The van der Waals surface area contributed by atoms with E-state index in [1.54, 1.807) is 0 Å². The lowest BCUT2D eigenvalue weighted by Crippen LogP contribution is -2.10. The molecule has 17 heavy (non-hydrogen) atoms. The molecule has 0 nitrogen and oxygen atoms in total. The monoisotopic (exact) mass is 246 g/mol. The first-order valence-corrected chi connectivity index (χ1v) is 7.16. The molecule has 1 aliphatic carbocycles. The van der Waals surface area contributed by atoms with Gasteiger partial charge in [0.05, 0.1) is 0 Å². The molecule has 92 valence electrons. The highest BCUT2D eigenvalue weighted by Crippen LogP contribution is 2.27. The first-order valence-electron chi connectivity index (χ1n) is 6.17. The van der Waals surface area contributed by atoms with Crippen molar-refractivity contribution in [1.82, 2.24) is 0 Å². The quantitative estimate of drug-likeness (QED) is 0.606. The van der Waals surface area contributed by atoms with Gasteiger partial charge in [-0.2, -0.15) is 0 Å². The van der Waals surface area contributed by atoms with Crippen molar-refractivity contribution in [3.63, 3.8) is 0 Å². The van der Waals surface area contributed by atoms with Gasteiger partial charge in [0.15, 0.2) is 0 Å². The highest BCUT2D eigenvalue weighted by atomic mass is 32.2. The van der Waals surface area contributed by atoms with Crippen molar-refractivity contribution in [3.05, 3.63) is 59.6 Å². The van der Waals surface area contributed by atoms with E-state index in [0.29, 0.717) is 11.8 Å². The maximum absolute atomic E-state index is 3.93. The van der Waals surface area contributed by atoms with Crippen LogP contribution in [0.4, 0.5) is 0 Å². The summed E-state index contributed by atoms with van der Waals surface area (Å²) in [5.41, 5.74) is 1.30. The van der Waals surface area contributed by atoms with Gasteiger partial charge in [-0.25, -0.2) is 0 Å². The van der Waals surface area contributed by atoms with Crippen LogP contribution in [0.5, 0.6) is 0 Å². The minimum Gasteiger partial charge on any atom is -0.131 e. The van der Waals surface area contributed by atoms with Crippen LogP contribution in [0.2, 0.25) is 0 Å². The molecule has 0 radical (unpaired) electrons. The molecule has 2 atom stereocenters. The van der Waals surface area contributed by atoms with Crippen molar-refractivity contribution in [1.29, 1.82) is 0 Å². The van der Waals surface area contributed by atoms with Gasteiger partial charge in [0.25, 0.3) is 0 Å². The zero-order valence-corrected chi connectivity index (χ0v) is 11.8. The van der Waals surface area contributed by atoms with Gasteiger partial charge in [0, 0.05) is 5.92 Å². The SMILES string of the molecule is C=C/C(=C\C=C(/C)SCC)C1C=CC=CC1C. The van der Waals surface area contributed by atoms with Crippen LogP contribution in [-0.4, -0.2) is 5.75 Å². The normalized spacial score (nSPS) is 25.1. The molecule has 0 aliphatic heterocycles. The van der Waals surface area contributed by atoms with Gasteiger partial charge in [-0.1, -0.05) is 63.0 Å². The molecule has 1 aliphatic rings. The van der Waals surface area contributed by atoms with Crippen molar-refractivity contribution in [2.75, 3.05) is 5.75 Å². The summed E-state index contributed by atoms with van der Waals surface area (Å²) in [6.45, 7) is 10.5. The second kappa shape index (κ2) is 7.39.